The highest BCUT2D eigenvalue weighted by Gasteiger charge is 2.20. The van der Waals surface area contributed by atoms with Crippen molar-refractivity contribution < 1.29 is 9.47 Å². The summed E-state index contributed by atoms with van der Waals surface area (Å²) in [4.78, 5) is 15.5. The zero-order valence-corrected chi connectivity index (χ0v) is 15.1. The molecular formula is C20H22N4O2. The molecule has 3 heterocycles. The summed E-state index contributed by atoms with van der Waals surface area (Å²) in [5, 5.41) is 1.07. The molecule has 0 fully saturated rings. The van der Waals surface area contributed by atoms with Gasteiger partial charge in [0.05, 0.1) is 31.0 Å². The Bertz CT molecular complexity index is 929. The molecule has 6 heteroatoms. The molecule has 4 rings (SSSR count). The molecule has 0 radical (unpaired) electrons. The predicted octanol–water partition coefficient (Wildman–Crippen LogP) is 3.38. The van der Waals surface area contributed by atoms with Crippen molar-refractivity contribution in [3.63, 3.8) is 0 Å². The number of fused-ring (bicyclic) bond motifs is 2. The van der Waals surface area contributed by atoms with E-state index in [9.17, 15) is 0 Å². The number of anilines is 1. The molecule has 1 aromatic carbocycles. The van der Waals surface area contributed by atoms with E-state index in [1.165, 1.54) is 5.56 Å². The van der Waals surface area contributed by atoms with Gasteiger partial charge in [-0.2, -0.15) is 0 Å². The van der Waals surface area contributed by atoms with Gasteiger partial charge in [-0.25, -0.2) is 9.97 Å². The van der Waals surface area contributed by atoms with Crippen molar-refractivity contribution in [2.45, 2.75) is 26.8 Å². The Labute approximate surface area is 152 Å². The van der Waals surface area contributed by atoms with E-state index in [2.05, 4.69) is 25.9 Å². The Balaban J connectivity index is 1.77. The molecule has 0 N–H and O–H groups in total. The molecule has 0 aliphatic carbocycles. The number of pyridine rings is 1. The van der Waals surface area contributed by atoms with Gasteiger partial charge in [-0.1, -0.05) is 0 Å². The van der Waals surface area contributed by atoms with Crippen LogP contribution in [0.25, 0.3) is 10.9 Å². The normalized spacial score (nSPS) is 13.5. The summed E-state index contributed by atoms with van der Waals surface area (Å²) < 4.78 is 11.5. The summed E-state index contributed by atoms with van der Waals surface area (Å²) in [7, 11) is 0. The van der Waals surface area contributed by atoms with E-state index in [1.54, 1.807) is 6.33 Å². The van der Waals surface area contributed by atoms with Crippen LogP contribution >= 0.6 is 0 Å². The van der Waals surface area contributed by atoms with E-state index >= 15 is 0 Å². The standard InChI is InChI=1S/C20H22N4O2/c1-3-25-19-9-15-16(10-20(19)26-4-2)22-7-5-18(15)24-8-6-14-11-21-13-23-17(14)12-24/h5,7,9-11,13H,3-4,6,8,12H2,1-2H3. The van der Waals surface area contributed by atoms with Crippen LogP contribution in [0.4, 0.5) is 5.69 Å². The molecule has 2 aromatic heterocycles. The Hall–Kier alpha value is -2.89. The van der Waals surface area contributed by atoms with Gasteiger partial charge in [0.15, 0.2) is 11.5 Å². The Kier molecular flexibility index (Phi) is 4.56. The molecule has 0 atom stereocenters. The average Bonchev–Trinajstić information content (AvgIpc) is 2.68. The number of nitrogens with zero attached hydrogens (tertiary/aromatic N) is 4. The molecule has 134 valence electrons. The maximum atomic E-state index is 5.80. The van der Waals surface area contributed by atoms with Crippen LogP contribution in [-0.2, 0) is 13.0 Å². The Morgan fingerprint density at radius 2 is 1.88 bits per heavy atom. The summed E-state index contributed by atoms with van der Waals surface area (Å²) in [6.07, 6.45) is 6.33. The minimum atomic E-state index is 0.591. The molecule has 6 nitrogen and oxygen atoms in total. The fraction of sp³-hybridized carbons (Fsp3) is 0.350. The summed E-state index contributed by atoms with van der Waals surface area (Å²) in [6.45, 7) is 6.83. The SMILES string of the molecule is CCOc1cc2nccc(N3CCc4cncnc4C3)c2cc1OCC. The molecule has 0 saturated carbocycles. The van der Waals surface area contributed by atoms with Crippen molar-refractivity contribution >= 4 is 16.6 Å². The number of ether oxygens (including phenoxy) is 2. The molecule has 1 aliphatic rings. The summed E-state index contributed by atoms with van der Waals surface area (Å²) in [5.74, 6) is 1.50. The first-order chi connectivity index (χ1) is 12.8. The zero-order valence-electron chi connectivity index (χ0n) is 15.1. The number of rotatable bonds is 5. The van der Waals surface area contributed by atoms with Crippen molar-refractivity contribution in [2.24, 2.45) is 0 Å². The third kappa shape index (κ3) is 3.03. The molecular weight excluding hydrogens is 328 g/mol. The Morgan fingerprint density at radius 1 is 1.08 bits per heavy atom. The van der Waals surface area contributed by atoms with Crippen LogP contribution in [0.15, 0.2) is 36.9 Å². The smallest absolute Gasteiger partial charge is 0.163 e. The largest absolute Gasteiger partial charge is 0.490 e. The van der Waals surface area contributed by atoms with E-state index in [0.29, 0.717) is 13.2 Å². The van der Waals surface area contributed by atoms with Gasteiger partial charge >= 0.3 is 0 Å². The van der Waals surface area contributed by atoms with Crippen molar-refractivity contribution in [3.05, 3.63) is 48.2 Å². The average molecular weight is 350 g/mol. The Morgan fingerprint density at radius 3 is 2.69 bits per heavy atom. The van der Waals surface area contributed by atoms with Crippen LogP contribution in [0.3, 0.4) is 0 Å². The molecule has 0 saturated heterocycles. The zero-order chi connectivity index (χ0) is 17.9. The lowest BCUT2D eigenvalue weighted by molar-refractivity contribution is 0.288. The van der Waals surface area contributed by atoms with Crippen LogP contribution in [0.1, 0.15) is 25.1 Å². The lowest BCUT2D eigenvalue weighted by atomic mass is 10.0. The fourth-order valence-electron chi connectivity index (χ4n) is 3.41. The van der Waals surface area contributed by atoms with Crippen molar-refractivity contribution in [1.82, 2.24) is 15.0 Å². The fourth-order valence-corrected chi connectivity index (χ4v) is 3.41. The van der Waals surface area contributed by atoms with Crippen molar-refractivity contribution in [1.29, 1.82) is 0 Å². The van der Waals surface area contributed by atoms with Crippen LogP contribution in [0.2, 0.25) is 0 Å². The van der Waals surface area contributed by atoms with Gasteiger partial charge < -0.3 is 14.4 Å². The second-order valence-corrected chi connectivity index (χ2v) is 6.18. The first-order valence-electron chi connectivity index (χ1n) is 9.01. The predicted molar refractivity (Wildman–Crippen MR) is 101 cm³/mol. The highest BCUT2D eigenvalue weighted by molar-refractivity contribution is 5.94. The van der Waals surface area contributed by atoms with Gasteiger partial charge in [0, 0.05) is 36.1 Å². The van der Waals surface area contributed by atoms with E-state index in [-0.39, 0.29) is 0 Å². The molecule has 0 unspecified atom stereocenters. The highest BCUT2D eigenvalue weighted by atomic mass is 16.5. The molecule has 1 aliphatic heterocycles. The van der Waals surface area contributed by atoms with Crippen LogP contribution in [-0.4, -0.2) is 34.7 Å². The molecule has 3 aromatic rings. The van der Waals surface area contributed by atoms with Gasteiger partial charge in [0.1, 0.15) is 6.33 Å². The second-order valence-electron chi connectivity index (χ2n) is 6.18. The molecule has 26 heavy (non-hydrogen) atoms. The minimum Gasteiger partial charge on any atom is -0.490 e. The number of benzene rings is 1. The van der Waals surface area contributed by atoms with Crippen LogP contribution < -0.4 is 14.4 Å². The summed E-state index contributed by atoms with van der Waals surface area (Å²) >= 11 is 0. The van der Waals surface area contributed by atoms with Gasteiger partial charge in [0.2, 0.25) is 0 Å². The number of aromatic nitrogens is 3. The number of hydrogen-bond donors (Lipinski definition) is 0. The highest BCUT2D eigenvalue weighted by Crippen LogP contribution is 2.37. The third-order valence-electron chi connectivity index (χ3n) is 4.60. The van der Waals surface area contributed by atoms with Crippen molar-refractivity contribution in [3.8, 4) is 11.5 Å². The van der Waals surface area contributed by atoms with Gasteiger partial charge in [0.25, 0.3) is 0 Å². The topological polar surface area (TPSA) is 60.4 Å². The third-order valence-corrected chi connectivity index (χ3v) is 4.60. The molecule has 0 bridgehead atoms. The van der Waals surface area contributed by atoms with Crippen LogP contribution in [0.5, 0.6) is 11.5 Å². The first-order valence-corrected chi connectivity index (χ1v) is 9.01. The first kappa shape index (κ1) is 16.6. The van der Waals surface area contributed by atoms with E-state index in [4.69, 9.17) is 9.47 Å². The van der Waals surface area contributed by atoms with E-state index in [0.717, 1.165) is 53.3 Å². The van der Waals surface area contributed by atoms with E-state index < -0.39 is 0 Å². The van der Waals surface area contributed by atoms with Crippen LogP contribution in [0, 0.1) is 0 Å². The lowest BCUT2D eigenvalue weighted by Crippen LogP contribution is -2.31. The monoisotopic (exact) mass is 350 g/mol. The molecule has 0 spiro atoms. The summed E-state index contributed by atoms with van der Waals surface area (Å²) in [6, 6.07) is 6.07. The quantitative estimate of drug-likeness (QED) is 0.703. The second kappa shape index (κ2) is 7.15. The van der Waals surface area contributed by atoms with Gasteiger partial charge in [-0.15, -0.1) is 0 Å². The maximum Gasteiger partial charge on any atom is 0.163 e. The van der Waals surface area contributed by atoms with Crippen molar-refractivity contribution in [2.75, 3.05) is 24.7 Å². The minimum absolute atomic E-state index is 0.591. The van der Waals surface area contributed by atoms with Gasteiger partial charge in [-0.05, 0) is 38.0 Å². The van der Waals surface area contributed by atoms with Gasteiger partial charge in [-0.3, -0.25) is 4.98 Å². The van der Waals surface area contributed by atoms with E-state index in [1.807, 2.05) is 38.4 Å². The lowest BCUT2D eigenvalue weighted by Gasteiger charge is -2.30. The maximum absolute atomic E-state index is 5.80. The number of hydrogen-bond acceptors (Lipinski definition) is 6. The summed E-state index contributed by atoms with van der Waals surface area (Å²) in [5.41, 5.74) is 4.37. The molecule has 0 amide bonds.